The highest BCUT2D eigenvalue weighted by Gasteiger charge is 2.74. The Kier molecular flexibility index (Phi) is 7.82. The van der Waals surface area contributed by atoms with Crippen molar-refractivity contribution in [3.63, 3.8) is 0 Å². The van der Waals surface area contributed by atoms with Crippen LogP contribution in [0.25, 0.3) is 10.8 Å². The summed E-state index contributed by atoms with van der Waals surface area (Å²) in [5.74, 6) is -1.64. The van der Waals surface area contributed by atoms with Gasteiger partial charge < -0.3 is 19.6 Å². The summed E-state index contributed by atoms with van der Waals surface area (Å²) in [4.78, 5) is 45.1. The average molecular weight is 537 g/mol. The molecule has 3 aliphatic heterocycles. The first-order valence-corrected chi connectivity index (χ1v) is 14.5. The highest BCUT2D eigenvalue weighted by molar-refractivity contribution is 8.02. The Balaban J connectivity index is 1.53. The molecule has 0 radical (unpaired) electrons. The Morgan fingerprint density at radius 3 is 2.74 bits per heavy atom. The third kappa shape index (κ3) is 4.41. The van der Waals surface area contributed by atoms with E-state index in [-0.39, 0.29) is 36.2 Å². The summed E-state index contributed by atoms with van der Waals surface area (Å²) >= 11 is 1.66. The first-order valence-electron chi connectivity index (χ1n) is 13.6. The summed E-state index contributed by atoms with van der Waals surface area (Å²) in [6, 6.07) is 13.3. The standard InChI is InChI=1S/C30H36N2O5S/c1-3-16-31(22-13-12-20-10-6-7-11-21(20)19-22)28(35)26-30-15-14-23(38-30)24(29(36)37-4-2)25(30)27(34)32(26)17-8-5-9-18-33/h3,6-7,10-13,19,23-26,33H,1,4-5,8-9,14-18H2,2H3/t23-,24+,25+,26?,30?/m1/s1. The number of anilines is 1. The Morgan fingerprint density at radius 1 is 1.21 bits per heavy atom. The number of benzene rings is 2. The second-order valence-corrected chi connectivity index (χ2v) is 12.0. The molecule has 1 N–H and O–H groups in total. The lowest BCUT2D eigenvalue weighted by Crippen LogP contribution is -2.55. The number of hydrogen-bond donors (Lipinski definition) is 1. The summed E-state index contributed by atoms with van der Waals surface area (Å²) in [6.07, 6.45) is 5.32. The van der Waals surface area contributed by atoms with E-state index in [4.69, 9.17) is 4.74 Å². The predicted octanol–water partition coefficient (Wildman–Crippen LogP) is 4.18. The number of fused-ring (bicyclic) bond motifs is 2. The first kappa shape index (κ1) is 26.8. The molecule has 2 bridgehead atoms. The number of aliphatic hydroxyl groups excluding tert-OH is 1. The third-order valence-corrected chi connectivity index (χ3v) is 10.2. The predicted molar refractivity (Wildman–Crippen MR) is 150 cm³/mol. The van der Waals surface area contributed by atoms with Crippen LogP contribution in [0.15, 0.2) is 55.1 Å². The van der Waals surface area contributed by atoms with Gasteiger partial charge in [-0.3, -0.25) is 14.4 Å². The number of amides is 2. The molecule has 38 heavy (non-hydrogen) atoms. The number of esters is 1. The van der Waals surface area contributed by atoms with E-state index in [2.05, 4.69) is 6.58 Å². The zero-order valence-corrected chi connectivity index (χ0v) is 22.7. The maximum Gasteiger partial charge on any atom is 0.310 e. The average Bonchev–Trinajstić information content (AvgIpc) is 3.57. The monoisotopic (exact) mass is 536 g/mol. The fourth-order valence-corrected chi connectivity index (χ4v) is 8.89. The molecule has 2 unspecified atom stereocenters. The molecule has 0 aliphatic carbocycles. The third-order valence-electron chi connectivity index (χ3n) is 8.27. The normalized spacial score (nSPS) is 27.5. The molecule has 0 saturated carbocycles. The van der Waals surface area contributed by atoms with E-state index >= 15 is 0 Å². The number of nitrogens with zero attached hydrogens (tertiary/aromatic N) is 2. The SMILES string of the molecule is C=CCN(C(=O)C1N(CCCCCO)C(=O)[C@@H]2[C@@H](C(=O)OCC)[C@H]3CCC12S3)c1ccc2ccccc2c1. The zero-order chi connectivity index (χ0) is 26.9. The number of thioether (sulfide) groups is 1. The Hall–Kier alpha value is -2.84. The highest BCUT2D eigenvalue weighted by atomic mass is 32.2. The van der Waals surface area contributed by atoms with Crippen molar-refractivity contribution in [2.45, 2.75) is 55.1 Å². The fraction of sp³-hybridized carbons (Fsp3) is 0.500. The lowest BCUT2D eigenvalue weighted by atomic mass is 9.71. The van der Waals surface area contributed by atoms with Crippen LogP contribution in [0.1, 0.15) is 39.0 Å². The van der Waals surface area contributed by atoms with Crippen molar-refractivity contribution in [3.05, 3.63) is 55.1 Å². The van der Waals surface area contributed by atoms with Crippen LogP contribution in [0.4, 0.5) is 5.69 Å². The van der Waals surface area contributed by atoms with Crippen molar-refractivity contribution in [2.24, 2.45) is 11.8 Å². The second kappa shape index (κ2) is 11.1. The van der Waals surface area contributed by atoms with E-state index in [9.17, 15) is 19.5 Å². The molecule has 3 saturated heterocycles. The van der Waals surface area contributed by atoms with Gasteiger partial charge in [-0.05, 0) is 61.9 Å². The molecular formula is C30H36N2O5S. The number of carbonyl (C=O) groups is 3. The van der Waals surface area contributed by atoms with E-state index in [1.54, 1.807) is 34.6 Å². The molecule has 1 spiro atoms. The summed E-state index contributed by atoms with van der Waals surface area (Å²) < 4.78 is 4.76. The van der Waals surface area contributed by atoms with Crippen LogP contribution in [0, 0.1) is 11.8 Å². The molecule has 3 fully saturated rings. The van der Waals surface area contributed by atoms with Gasteiger partial charge in [0.05, 0.1) is 23.2 Å². The van der Waals surface area contributed by atoms with Gasteiger partial charge in [0, 0.05) is 30.6 Å². The second-order valence-electron chi connectivity index (χ2n) is 10.4. The van der Waals surface area contributed by atoms with E-state index in [0.717, 1.165) is 35.7 Å². The molecule has 8 heteroatoms. The van der Waals surface area contributed by atoms with Crippen molar-refractivity contribution >= 4 is 46.0 Å². The molecule has 2 aromatic rings. The maximum absolute atomic E-state index is 14.6. The number of unbranched alkanes of at least 4 members (excludes halogenated alkanes) is 2. The summed E-state index contributed by atoms with van der Waals surface area (Å²) in [5, 5.41) is 11.3. The van der Waals surface area contributed by atoms with Crippen LogP contribution in [0.2, 0.25) is 0 Å². The largest absolute Gasteiger partial charge is 0.466 e. The molecule has 2 aromatic carbocycles. The van der Waals surface area contributed by atoms with Gasteiger partial charge in [-0.2, -0.15) is 0 Å². The molecule has 2 amide bonds. The smallest absolute Gasteiger partial charge is 0.310 e. The van der Waals surface area contributed by atoms with Crippen molar-refractivity contribution < 1.29 is 24.2 Å². The summed E-state index contributed by atoms with van der Waals surface area (Å²) in [7, 11) is 0. The minimum absolute atomic E-state index is 0.0108. The maximum atomic E-state index is 14.6. The van der Waals surface area contributed by atoms with Gasteiger partial charge in [-0.1, -0.05) is 36.4 Å². The first-order chi connectivity index (χ1) is 18.5. The van der Waals surface area contributed by atoms with Crippen LogP contribution in [0.3, 0.4) is 0 Å². The quantitative estimate of drug-likeness (QED) is 0.264. The Bertz CT molecular complexity index is 1230. The Morgan fingerprint density at radius 2 is 2.00 bits per heavy atom. The van der Waals surface area contributed by atoms with Crippen LogP contribution >= 0.6 is 11.8 Å². The number of rotatable bonds is 11. The molecule has 7 nitrogen and oxygen atoms in total. The van der Waals surface area contributed by atoms with Crippen LogP contribution in [-0.2, 0) is 19.1 Å². The van der Waals surface area contributed by atoms with Crippen molar-refractivity contribution in [1.82, 2.24) is 4.90 Å². The van der Waals surface area contributed by atoms with Gasteiger partial charge in [0.1, 0.15) is 6.04 Å². The van der Waals surface area contributed by atoms with Gasteiger partial charge in [0.15, 0.2) is 0 Å². The fourth-order valence-electron chi connectivity index (χ4n) is 6.69. The molecule has 0 aromatic heterocycles. The lowest BCUT2D eigenvalue weighted by molar-refractivity contribution is -0.153. The Labute approximate surface area is 228 Å². The van der Waals surface area contributed by atoms with E-state index in [1.165, 1.54) is 0 Å². The number of aliphatic hydroxyl groups is 1. The van der Waals surface area contributed by atoms with E-state index < -0.39 is 22.6 Å². The van der Waals surface area contributed by atoms with Gasteiger partial charge in [-0.25, -0.2) is 0 Å². The van der Waals surface area contributed by atoms with E-state index in [0.29, 0.717) is 25.9 Å². The molecule has 5 atom stereocenters. The number of hydrogen-bond acceptors (Lipinski definition) is 6. The van der Waals surface area contributed by atoms with Crippen molar-refractivity contribution in [3.8, 4) is 0 Å². The topological polar surface area (TPSA) is 87.2 Å². The molecule has 3 heterocycles. The minimum atomic E-state index is -0.671. The van der Waals surface area contributed by atoms with Gasteiger partial charge in [0.2, 0.25) is 5.91 Å². The molecule has 202 valence electrons. The number of likely N-dealkylation sites (tertiary alicyclic amines) is 1. The lowest BCUT2D eigenvalue weighted by Gasteiger charge is -2.37. The number of ether oxygens (including phenoxy) is 1. The van der Waals surface area contributed by atoms with Crippen LogP contribution < -0.4 is 4.90 Å². The van der Waals surface area contributed by atoms with Crippen LogP contribution in [0.5, 0.6) is 0 Å². The van der Waals surface area contributed by atoms with Gasteiger partial charge in [-0.15, -0.1) is 18.3 Å². The van der Waals surface area contributed by atoms with Crippen LogP contribution in [-0.4, -0.2) is 70.1 Å². The molecular weight excluding hydrogens is 500 g/mol. The summed E-state index contributed by atoms with van der Waals surface area (Å²) in [5.41, 5.74) is 0.764. The van der Waals surface area contributed by atoms with Gasteiger partial charge >= 0.3 is 5.97 Å². The minimum Gasteiger partial charge on any atom is -0.466 e. The van der Waals surface area contributed by atoms with Gasteiger partial charge in [0.25, 0.3) is 5.91 Å². The van der Waals surface area contributed by atoms with Crippen molar-refractivity contribution in [2.75, 3.05) is 31.2 Å². The van der Waals surface area contributed by atoms with E-state index in [1.807, 2.05) is 42.5 Å². The molecule has 3 aliphatic rings. The van der Waals surface area contributed by atoms with Crippen molar-refractivity contribution in [1.29, 1.82) is 0 Å². The summed E-state index contributed by atoms with van der Waals surface area (Å²) in [6.45, 7) is 6.79. The zero-order valence-electron chi connectivity index (χ0n) is 21.9. The molecule has 5 rings (SSSR count). The highest BCUT2D eigenvalue weighted by Crippen LogP contribution is 2.66. The number of carbonyl (C=O) groups excluding carboxylic acids is 3.